The monoisotopic (exact) mass is 409 g/mol. The zero-order valence-electron chi connectivity index (χ0n) is 17.9. The third kappa shape index (κ3) is 3.33. The summed E-state index contributed by atoms with van der Waals surface area (Å²) in [5, 5.41) is 0. The normalized spacial score (nSPS) is 49.5. The lowest BCUT2D eigenvalue weighted by Gasteiger charge is -2.59. The fraction of sp³-hybridized carbons (Fsp3) is 0.955. The number of esters is 1. The van der Waals surface area contributed by atoms with E-state index in [0.29, 0.717) is 18.3 Å². The van der Waals surface area contributed by atoms with Gasteiger partial charge in [0.05, 0.1) is 6.42 Å². The third-order valence-corrected chi connectivity index (χ3v) is 8.18. The van der Waals surface area contributed by atoms with Crippen molar-refractivity contribution in [2.45, 2.75) is 89.7 Å². The second-order valence-corrected chi connectivity index (χ2v) is 10.1. The van der Waals surface area contributed by atoms with Gasteiger partial charge in [0, 0.05) is 24.8 Å². The van der Waals surface area contributed by atoms with E-state index >= 15 is 0 Å². The summed E-state index contributed by atoms with van der Waals surface area (Å²) in [5.41, 5.74) is -0.606. The molecule has 0 aromatic rings. The summed E-state index contributed by atoms with van der Waals surface area (Å²) in [4.78, 5) is 26.8. The van der Waals surface area contributed by atoms with Crippen molar-refractivity contribution < 1.29 is 28.8 Å². The first-order valence-corrected chi connectivity index (χ1v) is 11.5. The molecule has 2 unspecified atom stereocenters. The summed E-state index contributed by atoms with van der Waals surface area (Å²) < 4.78 is 18.5. The van der Waals surface area contributed by atoms with Crippen LogP contribution in [-0.4, -0.2) is 54.5 Å². The summed E-state index contributed by atoms with van der Waals surface area (Å²) >= 11 is 0. The van der Waals surface area contributed by atoms with E-state index in [1.807, 2.05) is 6.92 Å². The maximum atomic E-state index is 12.6. The number of carbonyl (C=O) groups excluding carboxylic acids is 1. The van der Waals surface area contributed by atoms with Crippen molar-refractivity contribution in [2.24, 2.45) is 23.7 Å². The first-order chi connectivity index (χ1) is 13.9. The second kappa shape index (κ2) is 7.45. The zero-order valence-corrected chi connectivity index (χ0v) is 17.9. The molecule has 6 aliphatic rings. The quantitative estimate of drug-likeness (QED) is 0.522. The van der Waals surface area contributed by atoms with Gasteiger partial charge in [-0.2, -0.15) is 0 Å². The van der Waals surface area contributed by atoms with Crippen molar-refractivity contribution in [3.05, 3.63) is 0 Å². The molecule has 5 saturated heterocycles. The number of ether oxygens (including phenoxy) is 3. The predicted molar refractivity (Wildman–Crippen MR) is 103 cm³/mol. The Morgan fingerprint density at radius 3 is 2.69 bits per heavy atom. The van der Waals surface area contributed by atoms with E-state index in [1.54, 1.807) is 0 Å². The van der Waals surface area contributed by atoms with Crippen LogP contribution < -0.4 is 0 Å². The first kappa shape index (κ1) is 20.2. The molecule has 1 spiro atoms. The Morgan fingerprint density at radius 2 is 1.90 bits per heavy atom. The van der Waals surface area contributed by atoms with Gasteiger partial charge >= 0.3 is 5.97 Å². The smallest absolute Gasteiger partial charge is 0.309 e. The number of fused-ring (bicyclic) bond motifs is 2. The highest BCUT2D eigenvalue weighted by molar-refractivity contribution is 5.69. The second-order valence-electron chi connectivity index (χ2n) is 10.1. The van der Waals surface area contributed by atoms with Gasteiger partial charge in [-0.05, 0) is 64.0 Å². The van der Waals surface area contributed by atoms with Gasteiger partial charge in [0.1, 0.15) is 0 Å². The molecule has 5 heterocycles. The minimum absolute atomic E-state index is 0.0339. The lowest BCUT2D eigenvalue weighted by molar-refractivity contribution is -0.576. The van der Waals surface area contributed by atoms with Crippen molar-refractivity contribution in [3.8, 4) is 0 Å². The molecule has 2 bridgehead atoms. The van der Waals surface area contributed by atoms with Gasteiger partial charge in [-0.3, -0.25) is 4.79 Å². The van der Waals surface area contributed by atoms with Gasteiger partial charge in [0.2, 0.25) is 12.1 Å². The van der Waals surface area contributed by atoms with Crippen LogP contribution in [0.5, 0.6) is 0 Å². The number of carbonyl (C=O) groups is 1. The zero-order chi connectivity index (χ0) is 20.2. The molecule has 7 heteroatoms. The van der Waals surface area contributed by atoms with Gasteiger partial charge in [-0.1, -0.05) is 13.8 Å². The Kier molecular flexibility index (Phi) is 5.18. The molecule has 0 radical (unpaired) electrons. The molecular formula is C22H35NO6. The van der Waals surface area contributed by atoms with Gasteiger partial charge in [-0.15, -0.1) is 0 Å². The summed E-state index contributed by atoms with van der Waals surface area (Å²) in [6.45, 7) is 9.26. The highest BCUT2D eigenvalue weighted by Gasteiger charge is 2.69. The van der Waals surface area contributed by atoms with Gasteiger partial charge in [-0.25, -0.2) is 9.78 Å². The number of hydrogen-bond donors (Lipinski definition) is 0. The fourth-order valence-corrected chi connectivity index (χ4v) is 6.45. The molecule has 0 N–H and O–H groups in total. The van der Waals surface area contributed by atoms with Gasteiger partial charge in [0.25, 0.3) is 0 Å². The van der Waals surface area contributed by atoms with E-state index in [4.69, 9.17) is 24.0 Å². The van der Waals surface area contributed by atoms with Crippen molar-refractivity contribution in [2.75, 3.05) is 19.6 Å². The molecule has 5 aliphatic heterocycles. The van der Waals surface area contributed by atoms with E-state index in [1.165, 1.54) is 12.8 Å². The summed E-state index contributed by atoms with van der Waals surface area (Å²) in [6, 6.07) is 0. The number of hydrogen-bond acceptors (Lipinski definition) is 7. The van der Waals surface area contributed by atoms with Gasteiger partial charge in [0.15, 0.2) is 11.9 Å². The first-order valence-electron chi connectivity index (χ1n) is 11.5. The SMILES string of the molecule is C[C@H]1[C@H](OC(=O)CCN2CCCC2)OC2O[C@]3(C)CC[C@H]4[C@H](C)CC[C@@H]1C24OO3. The summed E-state index contributed by atoms with van der Waals surface area (Å²) in [6.07, 6.45) is 5.63. The van der Waals surface area contributed by atoms with Crippen LogP contribution in [0.1, 0.15) is 65.7 Å². The van der Waals surface area contributed by atoms with Crippen LogP contribution in [0.15, 0.2) is 0 Å². The average Bonchev–Trinajstić information content (AvgIpc) is 3.11. The Hall–Kier alpha value is -0.730. The van der Waals surface area contributed by atoms with E-state index in [2.05, 4.69) is 18.7 Å². The average molecular weight is 410 g/mol. The Morgan fingerprint density at radius 1 is 1.10 bits per heavy atom. The molecule has 164 valence electrons. The largest absolute Gasteiger partial charge is 0.435 e. The Balaban J connectivity index is 1.32. The van der Waals surface area contributed by atoms with E-state index in [0.717, 1.165) is 45.3 Å². The molecule has 0 amide bonds. The highest BCUT2D eigenvalue weighted by atomic mass is 17.3. The lowest BCUT2D eigenvalue weighted by atomic mass is 9.58. The maximum Gasteiger partial charge on any atom is 0.309 e. The molecule has 0 aromatic heterocycles. The lowest BCUT2D eigenvalue weighted by Crippen LogP contribution is -2.70. The topological polar surface area (TPSA) is 66.5 Å². The molecular weight excluding hydrogens is 374 g/mol. The van der Waals surface area contributed by atoms with Crippen LogP contribution in [0, 0.1) is 23.7 Å². The highest BCUT2D eigenvalue weighted by Crippen LogP contribution is 2.60. The number of rotatable bonds is 4. The van der Waals surface area contributed by atoms with Crippen molar-refractivity contribution in [3.63, 3.8) is 0 Å². The Bertz CT molecular complexity index is 639. The van der Waals surface area contributed by atoms with E-state index < -0.39 is 24.0 Å². The molecule has 0 aromatic carbocycles. The van der Waals surface area contributed by atoms with Crippen LogP contribution >= 0.6 is 0 Å². The van der Waals surface area contributed by atoms with Crippen LogP contribution in [-0.2, 0) is 28.8 Å². The molecule has 8 atom stereocenters. The van der Waals surface area contributed by atoms with Crippen LogP contribution in [0.4, 0.5) is 0 Å². The van der Waals surface area contributed by atoms with Crippen LogP contribution in [0.2, 0.25) is 0 Å². The molecule has 7 nitrogen and oxygen atoms in total. The fourth-order valence-electron chi connectivity index (χ4n) is 6.45. The summed E-state index contributed by atoms with van der Waals surface area (Å²) in [7, 11) is 0. The summed E-state index contributed by atoms with van der Waals surface area (Å²) in [5.74, 6) is 0.0740. The standard InChI is InChI=1S/C22H35NO6/c1-14-6-7-17-15(2)19(25-18(24)9-13-23-11-4-5-12-23)26-20-22(17)16(14)8-10-21(3,27-20)28-29-22/h14-17,19-20H,4-13H2,1-3H3/t14-,15-,16+,17+,19-,20?,21+,22?/m1/s1. The molecule has 1 aliphatic carbocycles. The predicted octanol–water partition coefficient (Wildman–Crippen LogP) is 3.22. The van der Waals surface area contributed by atoms with Crippen molar-refractivity contribution >= 4 is 5.97 Å². The molecule has 6 rings (SSSR count). The van der Waals surface area contributed by atoms with E-state index in [9.17, 15) is 4.79 Å². The number of nitrogens with zero attached hydrogens (tertiary/aromatic N) is 1. The van der Waals surface area contributed by atoms with Crippen molar-refractivity contribution in [1.82, 2.24) is 4.90 Å². The molecule has 29 heavy (non-hydrogen) atoms. The third-order valence-electron chi connectivity index (χ3n) is 8.18. The minimum atomic E-state index is -0.803. The molecule has 1 saturated carbocycles. The van der Waals surface area contributed by atoms with E-state index in [-0.39, 0.29) is 17.8 Å². The Labute approximate surface area is 173 Å². The number of likely N-dealkylation sites (tertiary alicyclic amines) is 1. The van der Waals surface area contributed by atoms with Crippen LogP contribution in [0.25, 0.3) is 0 Å². The minimum Gasteiger partial charge on any atom is -0.435 e. The van der Waals surface area contributed by atoms with Crippen LogP contribution in [0.3, 0.4) is 0 Å². The molecule has 6 fully saturated rings. The van der Waals surface area contributed by atoms with Crippen molar-refractivity contribution in [1.29, 1.82) is 0 Å². The maximum absolute atomic E-state index is 12.6. The van der Waals surface area contributed by atoms with Gasteiger partial charge < -0.3 is 19.1 Å².